The highest BCUT2D eigenvalue weighted by Crippen LogP contribution is 2.12. The number of aliphatic carboxylic acids is 2. The molecule has 0 saturated heterocycles. The largest absolute Gasteiger partial charge is 0.508 e. The van der Waals surface area contributed by atoms with E-state index in [0.717, 1.165) is 6.92 Å². The highest BCUT2D eigenvalue weighted by molar-refractivity contribution is 5.96. The maximum Gasteiger partial charge on any atom is 0.326 e. The van der Waals surface area contributed by atoms with E-state index in [1.165, 1.54) is 36.8 Å². The van der Waals surface area contributed by atoms with Crippen LogP contribution < -0.4 is 32.7 Å². The SMILES string of the molecule is C[C@@H](O)[C@H](NC(=O)[C@H](Cc1cnc[nH]1)NC(=O)[C@H](Cc1ccc(O)cc1)NC(=O)[C@@H](N)CC(N)=O)C(=O)N[C@@H](CC(=O)O)C(=O)O. The number of aliphatic hydroxyl groups is 1. The number of aromatic nitrogens is 2. The molecule has 250 valence electrons. The van der Waals surface area contributed by atoms with Gasteiger partial charge in [0.25, 0.3) is 0 Å². The smallest absolute Gasteiger partial charge is 0.326 e. The number of primary amides is 1. The molecule has 1 aromatic heterocycles. The van der Waals surface area contributed by atoms with Crippen LogP contribution in [0.15, 0.2) is 36.8 Å². The molecule has 0 aliphatic carbocycles. The van der Waals surface area contributed by atoms with Gasteiger partial charge in [-0.15, -0.1) is 0 Å². The number of benzene rings is 1. The van der Waals surface area contributed by atoms with E-state index in [2.05, 4.69) is 25.9 Å². The predicted octanol–water partition coefficient (Wildman–Crippen LogP) is -4.02. The Kier molecular flexibility index (Phi) is 13.6. The molecule has 2 aromatic rings. The van der Waals surface area contributed by atoms with E-state index in [1.54, 1.807) is 0 Å². The highest BCUT2D eigenvalue weighted by Gasteiger charge is 2.34. The van der Waals surface area contributed by atoms with Crippen LogP contribution in [-0.2, 0) is 46.4 Å². The summed E-state index contributed by atoms with van der Waals surface area (Å²) >= 11 is 0. The van der Waals surface area contributed by atoms with E-state index in [1.807, 2.05) is 5.32 Å². The zero-order chi connectivity index (χ0) is 34.6. The second-order valence-corrected chi connectivity index (χ2v) is 10.3. The molecule has 6 atom stereocenters. The topological polar surface area (TPSA) is 329 Å². The number of hydrogen-bond donors (Lipinski definition) is 11. The molecule has 0 radical (unpaired) electrons. The molecule has 0 aliphatic heterocycles. The first-order valence-electron chi connectivity index (χ1n) is 13.7. The summed E-state index contributed by atoms with van der Waals surface area (Å²) in [6, 6.07) is -2.33. The fraction of sp³-hybridized carbons (Fsp3) is 0.407. The van der Waals surface area contributed by atoms with Crippen LogP contribution in [0.3, 0.4) is 0 Å². The van der Waals surface area contributed by atoms with Crippen LogP contribution in [0.1, 0.15) is 31.0 Å². The Morgan fingerprint density at radius 3 is 1.91 bits per heavy atom. The maximum absolute atomic E-state index is 13.6. The summed E-state index contributed by atoms with van der Waals surface area (Å²) in [7, 11) is 0. The molecule has 0 aliphatic rings. The molecule has 2 rings (SSSR count). The minimum atomic E-state index is -1.88. The van der Waals surface area contributed by atoms with Gasteiger partial charge in [-0.05, 0) is 24.6 Å². The Morgan fingerprint density at radius 2 is 1.39 bits per heavy atom. The highest BCUT2D eigenvalue weighted by atomic mass is 16.4. The number of aromatic amines is 1. The minimum absolute atomic E-state index is 0.0668. The second kappa shape index (κ2) is 17.1. The van der Waals surface area contributed by atoms with Gasteiger partial charge in [-0.3, -0.25) is 28.8 Å². The van der Waals surface area contributed by atoms with Gasteiger partial charge in [-0.25, -0.2) is 9.78 Å². The number of hydrogen-bond acceptors (Lipinski definition) is 11. The van der Waals surface area contributed by atoms with Gasteiger partial charge in [0.1, 0.15) is 29.9 Å². The summed E-state index contributed by atoms with van der Waals surface area (Å²) in [6.07, 6.45) is -0.907. The molecular weight excluding hydrogens is 612 g/mol. The van der Waals surface area contributed by atoms with Crippen molar-refractivity contribution in [1.29, 1.82) is 0 Å². The van der Waals surface area contributed by atoms with Crippen molar-refractivity contribution in [3.8, 4) is 5.75 Å². The molecule has 0 saturated carbocycles. The van der Waals surface area contributed by atoms with Crippen molar-refractivity contribution in [1.82, 2.24) is 31.2 Å². The molecule has 0 spiro atoms. The van der Waals surface area contributed by atoms with Crippen molar-refractivity contribution in [2.75, 3.05) is 0 Å². The summed E-state index contributed by atoms with van der Waals surface area (Å²) in [5.41, 5.74) is 11.6. The van der Waals surface area contributed by atoms with E-state index in [4.69, 9.17) is 16.6 Å². The number of carbonyl (C=O) groups excluding carboxylic acids is 5. The molecule has 0 unspecified atom stereocenters. The second-order valence-electron chi connectivity index (χ2n) is 10.3. The lowest BCUT2D eigenvalue weighted by atomic mass is 10.0. The number of carbonyl (C=O) groups is 7. The van der Waals surface area contributed by atoms with Crippen LogP contribution >= 0.6 is 0 Å². The van der Waals surface area contributed by atoms with Crippen molar-refractivity contribution >= 4 is 41.5 Å². The lowest BCUT2D eigenvalue weighted by Crippen LogP contribution is -2.61. The summed E-state index contributed by atoms with van der Waals surface area (Å²) in [5, 5.41) is 47.1. The number of nitrogens with two attached hydrogens (primary N) is 2. The molecule has 46 heavy (non-hydrogen) atoms. The number of carboxylic acid groups (broad SMARTS) is 2. The monoisotopic (exact) mass is 648 g/mol. The number of amides is 5. The number of carboxylic acids is 2. The summed E-state index contributed by atoms with van der Waals surface area (Å²) in [5.74, 6) is -8.22. The third-order valence-corrected chi connectivity index (χ3v) is 6.43. The van der Waals surface area contributed by atoms with Crippen molar-refractivity contribution in [2.24, 2.45) is 11.5 Å². The molecule has 1 heterocycles. The number of imidazole rings is 1. The fourth-order valence-electron chi connectivity index (χ4n) is 4.06. The van der Waals surface area contributed by atoms with E-state index in [9.17, 15) is 48.9 Å². The summed E-state index contributed by atoms with van der Waals surface area (Å²) in [6.45, 7) is 1.11. The van der Waals surface area contributed by atoms with Crippen LogP contribution in [-0.4, -0.2) is 108 Å². The first-order chi connectivity index (χ1) is 21.6. The van der Waals surface area contributed by atoms with E-state index in [-0.39, 0.29) is 18.6 Å². The van der Waals surface area contributed by atoms with Crippen molar-refractivity contribution in [3.63, 3.8) is 0 Å². The summed E-state index contributed by atoms with van der Waals surface area (Å²) in [4.78, 5) is 92.8. The van der Waals surface area contributed by atoms with Crippen LogP contribution in [0, 0.1) is 0 Å². The quantitative estimate of drug-likeness (QED) is 0.0734. The van der Waals surface area contributed by atoms with Gasteiger partial charge >= 0.3 is 11.9 Å². The Balaban J connectivity index is 2.34. The number of aromatic hydroxyl groups is 1. The average Bonchev–Trinajstić information content (AvgIpc) is 3.48. The summed E-state index contributed by atoms with van der Waals surface area (Å²) < 4.78 is 0. The van der Waals surface area contributed by atoms with Crippen LogP contribution in [0.25, 0.3) is 0 Å². The average molecular weight is 649 g/mol. The first kappa shape index (κ1) is 36.6. The zero-order valence-corrected chi connectivity index (χ0v) is 24.5. The lowest BCUT2D eigenvalue weighted by molar-refractivity contribution is -0.148. The number of phenols is 1. The molecule has 19 heteroatoms. The number of rotatable bonds is 18. The normalized spacial score (nSPS) is 14.8. The Bertz CT molecular complexity index is 1400. The Morgan fingerprint density at radius 1 is 0.826 bits per heavy atom. The van der Waals surface area contributed by atoms with Crippen molar-refractivity contribution in [2.45, 2.75) is 68.9 Å². The van der Waals surface area contributed by atoms with Gasteiger partial charge in [-0.2, -0.15) is 0 Å². The van der Waals surface area contributed by atoms with Gasteiger partial charge in [-0.1, -0.05) is 12.1 Å². The van der Waals surface area contributed by atoms with Gasteiger partial charge in [0, 0.05) is 24.7 Å². The number of H-pyrrole nitrogens is 1. The third-order valence-electron chi connectivity index (χ3n) is 6.43. The number of phenolic OH excluding ortho intramolecular Hbond substituents is 1. The van der Waals surface area contributed by atoms with Gasteiger partial charge in [0.15, 0.2) is 0 Å². The molecular formula is C27H36N8O11. The van der Waals surface area contributed by atoms with Crippen LogP contribution in [0.4, 0.5) is 0 Å². The number of aliphatic hydroxyl groups excluding tert-OH is 1. The van der Waals surface area contributed by atoms with Gasteiger partial charge in [0.2, 0.25) is 29.5 Å². The predicted molar refractivity (Wildman–Crippen MR) is 155 cm³/mol. The van der Waals surface area contributed by atoms with E-state index < -0.39 is 90.6 Å². The molecule has 5 amide bonds. The van der Waals surface area contributed by atoms with Crippen LogP contribution in [0.2, 0.25) is 0 Å². The number of nitrogens with one attached hydrogen (secondary N) is 5. The van der Waals surface area contributed by atoms with E-state index >= 15 is 0 Å². The van der Waals surface area contributed by atoms with Crippen molar-refractivity contribution in [3.05, 3.63) is 48.0 Å². The number of nitrogens with zero attached hydrogens (tertiary/aromatic N) is 1. The van der Waals surface area contributed by atoms with Gasteiger partial charge in [0.05, 0.1) is 31.3 Å². The van der Waals surface area contributed by atoms with Gasteiger partial charge < -0.3 is 58.1 Å². The standard InChI is InChI=1S/C27H36N8O11/c1-12(36)22(26(44)34-19(27(45)46)9-21(39)40)35-25(43)18(7-14-10-30-11-31-14)33-24(42)17(6-13-2-4-15(37)5-3-13)32-23(41)16(28)8-20(29)38/h2-5,10-12,16-19,22,36-37H,6-9,28H2,1H3,(H2,29,38)(H,30,31)(H,32,41)(H,33,42)(H,34,44)(H,35,43)(H,39,40)(H,45,46)/t12-,16+,17+,18+,19+,22+/m1/s1. The maximum atomic E-state index is 13.6. The third kappa shape index (κ3) is 11.8. The Hall–Kier alpha value is -5.56. The van der Waals surface area contributed by atoms with E-state index in [0.29, 0.717) is 11.3 Å². The molecule has 19 nitrogen and oxygen atoms in total. The minimum Gasteiger partial charge on any atom is -0.508 e. The zero-order valence-electron chi connectivity index (χ0n) is 24.5. The first-order valence-corrected chi connectivity index (χ1v) is 13.7. The van der Waals surface area contributed by atoms with Crippen molar-refractivity contribution < 1.29 is 54.0 Å². The molecule has 0 fully saturated rings. The lowest BCUT2D eigenvalue weighted by Gasteiger charge is -2.27. The molecule has 1 aromatic carbocycles. The fourth-order valence-corrected chi connectivity index (χ4v) is 4.06. The molecule has 0 bridgehead atoms. The Labute approximate surface area is 261 Å². The molecule has 13 N–H and O–H groups in total. The van der Waals surface area contributed by atoms with Crippen LogP contribution in [0.5, 0.6) is 5.75 Å².